The third-order valence-corrected chi connectivity index (χ3v) is 7.11. The van der Waals surface area contributed by atoms with Gasteiger partial charge in [-0.15, -0.1) is 0 Å². The molecular formula is C24H28FN3O7S. The highest BCUT2D eigenvalue weighted by Crippen LogP contribution is 2.18. The Hall–Kier alpha value is -3.51. The van der Waals surface area contributed by atoms with Crippen molar-refractivity contribution < 1.29 is 36.7 Å². The Bertz CT molecular complexity index is 1220. The molecule has 1 N–H and O–H groups in total. The van der Waals surface area contributed by atoms with Gasteiger partial charge in [0, 0.05) is 31.6 Å². The van der Waals surface area contributed by atoms with Crippen molar-refractivity contribution in [2.45, 2.75) is 18.5 Å². The first-order valence-corrected chi connectivity index (χ1v) is 12.9. The number of nitrogens with one attached hydrogen (secondary N) is 1. The van der Waals surface area contributed by atoms with E-state index in [-0.39, 0.29) is 31.6 Å². The molecule has 0 saturated carbocycles. The van der Waals surface area contributed by atoms with E-state index in [1.165, 1.54) is 37.3 Å². The maximum atomic E-state index is 13.6. The first-order chi connectivity index (χ1) is 17.0. The number of rotatable bonds is 8. The van der Waals surface area contributed by atoms with Crippen molar-refractivity contribution in [1.29, 1.82) is 0 Å². The molecule has 2 atom stereocenters. The van der Waals surface area contributed by atoms with Crippen molar-refractivity contribution in [3.63, 3.8) is 0 Å². The van der Waals surface area contributed by atoms with E-state index in [4.69, 9.17) is 9.47 Å². The van der Waals surface area contributed by atoms with Gasteiger partial charge in [0.1, 0.15) is 23.7 Å². The molecule has 1 heterocycles. The molecule has 0 spiro atoms. The maximum Gasteiger partial charge on any atom is 0.328 e. The summed E-state index contributed by atoms with van der Waals surface area (Å²) in [6.07, 6.45) is 1.05. The van der Waals surface area contributed by atoms with Gasteiger partial charge >= 0.3 is 5.97 Å². The van der Waals surface area contributed by atoms with Crippen LogP contribution in [-0.2, 0) is 30.8 Å². The Kier molecular flexibility index (Phi) is 8.64. The topological polar surface area (TPSA) is 122 Å². The molecule has 1 aliphatic heterocycles. The molecule has 3 rings (SSSR count). The van der Waals surface area contributed by atoms with Gasteiger partial charge in [-0.2, -0.15) is 4.31 Å². The van der Waals surface area contributed by atoms with Crippen LogP contribution in [0.5, 0.6) is 5.75 Å². The Labute approximate surface area is 209 Å². The van der Waals surface area contributed by atoms with Crippen LogP contribution in [0.25, 0.3) is 0 Å². The smallest absolute Gasteiger partial charge is 0.328 e. The molecule has 2 amide bonds. The van der Waals surface area contributed by atoms with Crippen LogP contribution in [0.3, 0.4) is 0 Å². The van der Waals surface area contributed by atoms with E-state index in [1.807, 2.05) is 0 Å². The van der Waals surface area contributed by atoms with Crippen LogP contribution in [-0.4, -0.2) is 87.6 Å². The largest absolute Gasteiger partial charge is 0.497 e. The summed E-state index contributed by atoms with van der Waals surface area (Å²) in [5.41, 5.74) is 0.784. The summed E-state index contributed by atoms with van der Waals surface area (Å²) in [5.74, 6) is -1.99. The molecule has 36 heavy (non-hydrogen) atoms. The number of benzene rings is 2. The van der Waals surface area contributed by atoms with Crippen molar-refractivity contribution in [2.24, 2.45) is 0 Å². The average molecular weight is 522 g/mol. The molecule has 1 saturated heterocycles. The number of methoxy groups -OCH3 is 2. The van der Waals surface area contributed by atoms with Gasteiger partial charge in [-0.25, -0.2) is 17.6 Å². The van der Waals surface area contributed by atoms with E-state index in [2.05, 4.69) is 5.32 Å². The van der Waals surface area contributed by atoms with Crippen LogP contribution in [0.4, 0.5) is 4.39 Å². The Morgan fingerprint density at radius 2 is 1.81 bits per heavy atom. The lowest BCUT2D eigenvalue weighted by Gasteiger charge is -2.39. The Morgan fingerprint density at radius 1 is 1.11 bits per heavy atom. The zero-order valence-corrected chi connectivity index (χ0v) is 21.0. The van der Waals surface area contributed by atoms with Crippen molar-refractivity contribution in [3.8, 4) is 5.75 Å². The van der Waals surface area contributed by atoms with Gasteiger partial charge in [0.05, 0.1) is 20.5 Å². The zero-order chi connectivity index (χ0) is 26.5. The molecule has 1 aliphatic rings. The predicted molar refractivity (Wildman–Crippen MR) is 128 cm³/mol. The summed E-state index contributed by atoms with van der Waals surface area (Å²) in [6, 6.07) is 9.55. The molecule has 2 aromatic rings. The number of esters is 1. The second kappa shape index (κ2) is 11.5. The number of halogens is 1. The van der Waals surface area contributed by atoms with Crippen molar-refractivity contribution >= 4 is 27.8 Å². The highest BCUT2D eigenvalue weighted by Gasteiger charge is 2.40. The van der Waals surface area contributed by atoms with Gasteiger partial charge in [-0.3, -0.25) is 9.59 Å². The minimum absolute atomic E-state index is 0.0124. The van der Waals surface area contributed by atoms with Crippen molar-refractivity contribution in [1.82, 2.24) is 14.5 Å². The molecule has 0 aromatic heterocycles. The maximum absolute atomic E-state index is 13.6. The van der Waals surface area contributed by atoms with E-state index in [0.717, 1.165) is 16.6 Å². The third kappa shape index (κ3) is 6.58. The van der Waals surface area contributed by atoms with E-state index < -0.39 is 45.7 Å². The minimum atomic E-state index is -3.82. The molecular weight excluding hydrogens is 493 g/mol. The fraction of sp³-hybridized carbons (Fsp3) is 0.375. The predicted octanol–water partition coefficient (Wildman–Crippen LogP) is 0.821. The van der Waals surface area contributed by atoms with Crippen molar-refractivity contribution in [3.05, 3.63) is 65.5 Å². The van der Waals surface area contributed by atoms with Crippen LogP contribution in [0.1, 0.15) is 15.9 Å². The highest BCUT2D eigenvalue weighted by molar-refractivity contribution is 7.88. The summed E-state index contributed by atoms with van der Waals surface area (Å²) in [6.45, 7) is -0.400. The van der Waals surface area contributed by atoms with Gasteiger partial charge < -0.3 is 19.7 Å². The second-order valence-electron chi connectivity index (χ2n) is 8.29. The monoisotopic (exact) mass is 521 g/mol. The fourth-order valence-electron chi connectivity index (χ4n) is 3.97. The normalized spacial score (nSPS) is 17.2. The van der Waals surface area contributed by atoms with Gasteiger partial charge in [0.2, 0.25) is 15.9 Å². The first kappa shape index (κ1) is 27.1. The highest BCUT2D eigenvalue weighted by atomic mass is 32.2. The van der Waals surface area contributed by atoms with Crippen LogP contribution in [0.15, 0.2) is 48.5 Å². The number of carbonyl (C=O) groups excluding carboxylic acids is 3. The van der Waals surface area contributed by atoms with Crippen LogP contribution in [0.2, 0.25) is 0 Å². The van der Waals surface area contributed by atoms with E-state index in [1.54, 1.807) is 24.3 Å². The number of piperazine rings is 1. The minimum Gasteiger partial charge on any atom is -0.497 e. The number of sulfonamides is 1. The Morgan fingerprint density at radius 3 is 2.39 bits per heavy atom. The second-order valence-corrected chi connectivity index (χ2v) is 10.2. The quantitative estimate of drug-likeness (QED) is 0.511. The molecule has 2 aromatic carbocycles. The Balaban J connectivity index is 1.82. The molecule has 194 valence electrons. The SMILES string of the molecule is COC(=O)[C@H](Cc1ccc(OC)cc1)NC(=O)[C@H]1CN(C(=O)c2cccc(F)c2)CCN1S(C)(=O)=O. The van der Waals surface area contributed by atoms with Gasteiger partial charge in [0.25, 0.3) is 5.91 Å². The van der Waals surface area contributed by atoms with Crippen LogP contribution in [0, 0.1) is 5.82 Å². The summed E-state index contributed by atoms with van der Waals surface area (Å²) in [5, 5.41) is 2.58. The van der Waals surface area contributed by atoms with Gasteiger partial charge in [-0.1, -0.05) is 18.2 Å². The lowest BCUT2D eigenvalue weighted by molar-refractivity contribution is -0.145. The van der Waals surface area contributed by atoms with Crippen molar-refractivity contribution in [2.75, 3.05) is 40.1 Å². The van der Waals surface area contributed by atoms with Gasteiger partial charge in [-0.05, 0) is 35.9 Å². The molecule has 0 unspecified atom stereocenters. The number of hydrogen-bond acceptors (Lipinski definition) is 7. The fourth-order valence-corrected chi connectivity index (χ4v) is 5.00. The lowest BCUT2D eigenvalue weighted by Crippen LogP contribution is -2.62. The standard InChI is InChI=1S/C24H28FN3O7S/c1-34-19-9-7-16(8-10-19)13-20(24(31)35-2)26-22(29)21-15-27(11-12-28(21)36(3,32)33)23(30)17-5-4-6-18(25)14-17/h4-10,14,20-21H,11-13,15H2,1-3H3,(H,26,29)/t20-,21+/m0/s1. The van der Waals surface area contributed by atoms with Crippen LogP contribution < -0.4 is 10.1 Å². The molecule has 1 fully saturated rings. The molecule has 0 aliphatic carbocycles. The summed E-state index contributed by atoms with van der Waals surface area (Å²) >= 11 is 0. The lowest BCUT2D eigenvalue weighted by atomic mass is 10.0. The number of hydrogen-bond donors (Lipinski definition) is 1. The summed E-state index contributed by atoms with van der Waals surface area (Å²) in [4.78, 5) is 39.9. The summed E-state index contributed by atoms with van der Waals surface area (Å²) in [7, 11) is -1.13. The molecule has 0 bridgehead atoms. The van der Waals surface area contributed by atoms with E-state index in [0.29, 0.717) is 11.3 Å². The third-order valence-electron chi connectivity index (χ3n) is 5.82. The molecule has 10 nitrogen and oxygen atoms in total. The van der Waals surface area contributed by atoms with E-state index in [9.17, 15) is 27.2 Å². The number of ether oxygens (including phenoxy) is 2. The average Bonchev–Trinajstić information content (AvgIpc) is 2.86. The van der Waals surface area contributed by atoms with E-state index >= 15 is 0 Å². The first-order valence-electron chi connectivity index (χ1n) is 11.1. The summed E-state index contributed by atoms with van der Waals surface area (Å²) < 4.78 is 49.4. The number of carbonyl (C=O) groups is 3. The molecule has 12 heteroatoms. The van der Waals surface area contributed by atoms with Crippen LogP contribution >= 0.6 is 0 Å². The zero-order valence-electron chi connectivity index (χ0n) is 20.1. The number of amides is 2. The molecule has 0 radical (unpaired) electrons. The number of nitrogens with zero attached hydrogens (tertiary/aromatic N) is 2. The van der Waals surface area contributed by atoms with Gasteiger partial charge in [0.15, 0.2) is 0 Å².